The largest absolute Gasteiger partial charge is 0.453 e. The van der Waals surface area contributed by atoms with Crippen LogP contribution in [0.5, 0.6) is 11.5 Å². The van der Waals surface area contributed by atoms with Gasteiger partial charge >= 0.3 is 0 Å². The van der Waals surface area contributed by atoms with Crippen molar-refractivity contribution in [2.45, 2.75) is 0 Å². The van der Waals surface area contributed by atoms with Crippen molar-refractivity contribution in [3.05, 3.63) is 47.7 Å². The summed E-state index contributed by atoms with van der Waals surface area (Å²) in [4.78, 5) is 8.14. The highest BCUT2D eigenvalue weighted by atomic mass is 35.5. The molecule has 0 radical (unpaired) electrons. The van der Waals surface area contributed by atoms with Gasteiger partial charge in [0.15, 0.2) is 5.75 Å². The van der Waals surface area contributed by atoms with Gasteiger partial charge in [0.05, 0.1) is 12.1 Å². The second kappa shape index (κ2) is 6.41. The van der Waals surface area contributed by atoms with Gasteiger partial charge in [-0.1, -0.05) is 11.6 Å². The predicted octanol–water partition coefficient (Wildman–Crippen LogP) is 3.75. The van der Waals surface area contributed by atoms with E-state index in [0.29, 0.717) is 28.0 Å². The Morgan fingerprint density at radius 1 is 1.37 bits per heavy atom. The Labute approximate surface area is 120 Å². The van der Waals surface area contributed by atoms with Crippen LogP contribution in [-0.2, 0) is 0 Å². The van der Waals surface area contributed by atoms with Crippen LogP contribution in [0.4, 0.5) is 5.69 Å². The Morgan fingerprint density at radius 2 is 2.21 bits per heavy atom. The number of aliphatic imine (C=N–C) groups is 1. The summed E-state index contributed by atoms with van der Waals surface area (Å²) in [5.74, 6) is 1.56. The van der Waals surface area contributed by atoms with Crippen LogP contribution in [0.25, 0.3) is 0 Å². The fourth-order valence-corrected chi connectivity index (χ4v) is 1.61. The van der Waals surface area contributed by atoms with Crippen molar-refractivity contribution in [1.29, 1.82) is 0 Å². The van der Waals surface area contributed by atoms with Gasteiger partial charge in [-0.2, -0.15) is 0 Å². The highest BCUT2D eigenvalue weighted by Gasteiger charge is 2.06. The van der Waals surface area contributed by atoms with Gasteiger partial charge in [0.2, 0.25) is 0 Å². The van der Waals surface area contributed by atoms with E-state index >= 15 is 0 Å². The van der Waals surface area contributed by atoms with E-state index in [1.807, 2.05) is 0 Å². The van der Waals surface area contributed by atoms with Gasteiger partial charge in [-0.3, -0.25) is 4.98 Å². The van der Waals surface area contributed by atoms with Crippen molar-refractivity contribution in [2.24, 2.45) is 10.7 Å². The van der Waals surface area contributed by atoms with E-state index in [2.05, 4.69) is 9.98 Å². The monoisotopic (exact) mass is 295 g/mol. The number of hydrogen-bond donors (Lipinski definition) is 1. The predicted molar refractivity (Wildman–Crippen MR) is 77.8 cm³/mol. The number of hydrogen-bond acceptors (Lipinski definition) is 3. The third-order valence-corrected chi connectivity index (χ3v) is 2.69. The number of pyridine rings is 1. The van der Waals surface area contributed by atoms with Crippen LogP contribution in [0.3, 0.4) is 0 Å². The molecule has 4 nitrogen and oxygen atoms in total. The van der Waals surface area contributed by atoms with Crippen molar-refractivity contribution in [3.8, 4) is 11.5 Å². The Balaban J connectivity index is 2.35. The van der Waals surface area contributed by atoms with Crippen LogP contribution in [0.15, 0.2) is 47.7 Å². The van der Waals surface area contributed by atoms with E-state index in [1.54, 1.807) is 42.7 Å². The number of amidine groups is 1. The van der Waals surface area contributed by atoms with E-state index in [0.717, 1.165) is 0 Å². The van der Waals surface area contributed by atoms with Gasteiger partial charge in [0, 0.05) is 11.2 Å². The van der Waals surface area contributed by atoms with Crippen LogP contribution in [0, 0.1) is 0 Å². The lowest BCUT2D eigenvalue weighted by atomic mass is 10.3. The minimum Gasteiger partial charge on any atom is -0.453 e. The van der Waals surface area contributed by atoms with E-state index in [1.165, 1.54) is 0 Å². The van der Waals surface area contributed by atoms with Gasteiger partial charge in [0.25, 0.3) is 0 Å². The van der Waals surface area contributed by atoms with Gasteiger partial charge in [0.1, 0.15) is 17.3 Å². The molecule has 0 aliphatic carbocycles. The molecule has 0 bridgehead atoms. The molecule has 0 saturated carbocycles. The molecule has 2 rings (SSSR count). The second-order valence-electron chi connectivity index (χ2n) is 3.64. The van der Waals surface area contributed by atoms with Crippen molar-refractivity contribution in [2.75, 3.05) is 5.88 Å². The Bertz CT molecular complexity index is 588. The zero-order valence-corrected chi connectivity index (χ0v) is 11.4. The molecule has 1 aromatic carbocycles. The summed E-state index contributed by atoms with van der Waals surface area (Å²) < 4.78 is 5.68. The molecular weight excluding hydrogens is 285 g/mol. The van der Waals surface area contributed by atoms with Crippen LogP contribution < -0.4 is 10.5 Å². The first kappa shape index (κ1) is 13.6. The average molecular weight is 296 g/mol. The van der Waals surface area contributed by atoms with Crippen LogP contribution >= 0.6 is 23.2 Å². The first-order valence-corrected chi connectivity index (χ1v) is 6.36. The van der Waals surface area contributed by atoms with Gasteiger partial charge in [-0.25, -0.2) is 4.99 Å². The molecule has 0 amide bonds. The molecule has 19 heavy (non-hydrogen) atoms. The van der Waals surface area contributed by atoms with Gasteiger partial charge < -0.3 is 10.5 Å². The maximum Gasteiger partial charge on any atom is 0.153 e. The number of halogens is 2. The molecule has 98 valence electrons. The second-order valence-corrected chi connectivity index (χ2v) is 4.34. The SMILES string of the molecule is NC(CCl)=Nc1cc(Cl)ccc1Oc1cccnc1. The quantitative estimate of drug-likeness (QED) is 0.531. The van der Waals surface area contributed by atoms with Crippen LogP contribution in [0.2, 0.25) is 5.02 Å². The third-order valence-electron chi connectivity index (χ3n) is 2.18. The summed E-state index contributed by atoms with van der Waals surface area (Å²) in [6, 6.07) is 8.66. The number of rotatable bonds is 4. The zero-order valence-electron chi connectivity index (χ0n) is 9.88. The summed E-state index contributed by atoms with van der Waals surface area (Å²) in [7, 11) is 0. The summed E-state index contributed by atoms with van der Waals surface area (Å²) in [6.07, 6.45) is 3.27. The molecular formula is C13H11Cl2N3O. The smallest absolute Gasteiger partial charge is 0.153 e. The minimum atomic E-state index is 0.138. The van der Waals surface area contributed by atoms with Crippen LogP contribution in [0.1, 0.15) is 0 Å². The molecule has 2 aromatic rings. The topological polar surface area (TPSA) is 60.5 Å². The Hall–Kier alpha value is -1.78. The normalized spacial score (nSPS) is 11.4. The van der Waals surface area contributed by atoms with E-state index in [4.69, 9.17) is 33.7 Å². The highest BCUT2D eigenvalue weighted by Crippen LogP contribution is 2.33. The summed E-state index contributed by atoms with van der Waals surface area (Å²) in [5.41, 5.74) is 6.15. The molecule has 1 aromatic heterocycles. The first-order valence-electron chi connectivity index (χ1n) is 5.45. The third kappa shape index (κ3) is 3.84. The molecule has 0 saturated heterocycles. The van der Waals surface area contributed by atoms with Gasteiger partial charge in [-0.15, -0.1) is 11.6 Å². The number of benzene rings is 1. The number of nitrogens with two attached hydrogens (primary N) is 1. The Kier molecular flexibility index (Phi) is 4.60. The zero-order chi connectivity index (χ0) is 13.7. The fourth-order valence-electron chi connectivity index (χ4n) is 1.38. The lowest BCUT2D eigenvalue weighted by molar-refractivity contribution is 0.481. The average Bonchev–Trinajstić information content (AvgIpc) is 2.43. The van der Waals surface area contributed by atoms with E-state index in [-0.39, 0.29) is 5.88 Å². The van der Waals surface area contributed by atoms with Crippen molar-refractivity contribution < 1.29 is 4.74 Å². The molecule has 6 heteroatoms. The lowest BCUT2D eigenvalue weighted by Gasteiger charge is -2.08. The van der Waals surface area contributed by atoms with E-state index in [9.17, 15) is 0 Å². The first-order chi connectivity index (χ1) is 9.19. The molecule has 2 N–H and O–H groups in total. The molecule has 0 aliphatic heterocycles. The number of aromatic nitrogens is 1. The van der Waals surface area contributed by atoms with Crippen molar-refractivity contribution in [3.63, 3.8) is 0 Å². The molecule has 0 atom stereocenters. The van der Waals surface area contributed by atoms with Crippen LogP contribution in [-0.4, -0.2) is 16.7 Å². The molecule has 1 heterocycles. The number of nitrogens with zero attached hydrogens (tertiary/aromatic N) is 2. The summed E-state index contributed by atoms with van der Waals surface area (Å²) in [6.45, 7) is 0. The molecule has 0 fully saturated rings. The summed E-state index contributed by atoms with van der Waals surface area (Å²) in [5, 5.41) is 0.541. The van der Waals surface area contributed by atoms with Crippen molar-refractivity contribution >= 4 is 34.7 Å². The molecule has 0 aliphatic rings. The number of alkyl halides is 1. The molecule has 0 unspecified atom stereocenters. The molecule has 0 spiro atoms. The fraction of sp³-hybridized carbons (Fsp3) is 0.0769. The van der Waals surface area contributed by atoms with Crippen molar-refractivity contribution in [1.82, 2.24) is 4.98 Å². The van der Waals surface area contributed by atoms with E-state index < -0.39 is 0 Å². The lowest BCUT2D eigenvalue weighted by Crippen LogP contribution is -2.12. The summed E-state index contributed by atoms with van der Waals surface area (Å²) >= 11 is 11.6. The van der Waals surface area contributed by atoms with Gasteiger partial charge in [-0.05, 0) is 30.3 Å². The minimum absolute atomic E-state index is 0.138. The highest BCUT2D eigenvalue weighted by molar-refractivity contribution is 6.31. The number of ether oxygens (including phenoxy) is 1. The maximum atomic E-state index is 5.94. The maximum absolute atomic E-state index is 5.94. The Morgan fingerprint density at radius 3 is 2.89 bits per heavy atom. The standard InChI is InChI=1S/C13H11Cl2N3O/c14-7-13(16)18-11-6-9(15)3-4-12(11)19-10-2-1-5-17-8-10/h1-6,8H,7H2,(H2,16,18).